The highest BCUT2D eigenvalue weighted by Gasteiger charge is 2.27. The van der Waals surface area contributed by atoms with E-state index in [1.54, 1.807) is 23.5 Å². The van der Waals surface area contributed by atoms with E-state index in [2.05, 4.69) is 28.2 Å². The zero-order valence-corrected chi connectivity index (χ0v) is 19.4. The van der Waals surface area contributed by atoms with Crippen LogP contribution in [0.25, 0.3) is 10.8 Å². The van der Waals surface area contributed by atoms with Crippen LogP contribution in [-0.4, -0.2) is 54.2 Å². The standard InChI is InChI=1S/C20H22N4O4S3/c1-13-2-4-16-14(10-13)11-17(29-16)19-22-23-20(28-19)30-18-5-3-15(12-21-18)31(25,26)24-6-8-27-9-7-24/h3,5,11-13H,2,4,6-10H2,1H3/t13-/m1/s1. The second kappa shape index (κ2) is 8.62. The van der Waals surface area contributed by atoms with Crippen molar-refractivity contribution in [3.05, 3.63) is 34.8 Å². The molecule has 5 rings (SSSR count). The lowest BCUT2D eigenvalue weighted by Crippen LogP contribution is -2.40. The molecular formula is C20H22N4O4S3. The van der Waals surface area contributed by atoms with E-state index in [4.69, 9.17) is 9.15 Å². The van der Waals surface area contributed by atoms with Crippen LogP contribution in [0, 0.1) is 5.92 Å². The number of aromatic nitrogens is 3. The maximum atomic E-state index is 12.7. The summed E-state index contributed by atoms with van der Waals surface area (Å²) in [6.45, 7) is 3.81. The number of ether oxygens (including phenoxy) is 1. The van der Waals surface area contributed by atoms with Crippen LogP contribution in [-0.2, 0) is 27.6 Å². The number of aryl methyl sites for hydroxylation is 1. The van der Waals surface area contributed by atoms with Crippen molar-refractivity contribution >= 4 is 33.1 Å². The molecule has 1 saturated heterocycles. The van der Waals surface area contributed by atoms with Crippen LogP contribution in [0.3, 0.4) is 0 Å². The van der Waals surface area contributed by atoms with Gasteiger partial charge in [0.05, 0.1) is 18.1 Å². The molecule has 0 aromatic carbocycles. The quantitative estimate of drug-likeness (QED) is 0.550. The van der Waals surface area contributed by atoms with Crippen LogP contribution >= 0.6 is 23.1 Å². The van der Waals surface area contributed by atoms with Gasteiger partial charge < -0.3 is 9.15 Å². The third kappa shape index (κ3) is 4.42. The number of fused-ring (bicyclic) bond motifs is 1. The second-order valence-corrected chi connectivity index (χ2v) is 11.8. The first-order valence-corrected chi connectivity index (χ1v) is 13.2. The fourth-order valence-electron chi connectivity index (χ4n) is 3.77. The fourth-order valence-corrected chi connectivity index (χ4v) is 6.87. The number of nitrogens with zero attached hydrogens (tertiary/aromatic N) is 4. The Kier molecular flexibility index (Phi) is 5.86. The molecule has 2 aliphatic rings. The molecule has 8 nitrogen and oxygen atoms in total. The number of hydrogen-bond donors (Lipinski definition) is 0. The molecular weight excluding hydrogens is 456 g/mol. The molecule has 0 bridgehead atoms. The van der Waals surface area contributed by atoms with Crippen molar-refractivity contribution < 1.29 is 17.6 Å². The Labute approximate surface area is 189 Å². The summed E-state index contributed by atoms with van der Waals surface area (Å²) >= 11 is 2.94. The maximum Gasteiger partial charge on any atom is 0.283 e. The Morgan fingerprint density at radius 2 is 2.06 bits per heavy atom. The fraction of sp³-hybridized carbons (Fsp3) is 0.450. The highest BCUT2D eigenvalue weighted by molar-refractivity contribution is 7.99. The number of thiophene rings is 1. The van der Waals surface area contributed by atoms with E-state index >= 15 is 0 Å². The lowest BCUT2D eigenvalue weighted by atomic mass is 9.90. The normalized spacial score (nSPS) is 20.0. The van der Waals surface area contributed by atoms with Crippen LogP contribution < -0.4 is 0 Å². The Bertz CT molecular complexity index is 1170. The molecule has 3 aromatic rings. The van der Waals surface area contributed by atoms with Crippen molar-refractivity contribution in [1.82, 2.24) is 19.5 Å². The molecule has 3 aromatic heterocycles. The minimum Gasteiger partial charge on any atom is -0.410 e. The van der Waals surface area contributed by atoms with Crippen LogP contribution in [0.15, 0.2) is 44.0 Å². The SMILES string of the molecule is C[C@@H]1CCc2sc(-c3nnc(Sc4ccc(S(=O)(=O)N5CCOCC5)cn4)o3)cc2C1. The molecule has 0 N–H and O–H groups in total. The number of pyridine rings is 1. The van der Waals surface area contributed by atoms with E-state index < -0.39 is 10.0 Å². The van der Waals surface area contributed by atoms with Crippen molar-refractivity contribution in [1.29, 1.82) is 0 Å². The predicted octanol–water partition coefficient (Wildman–Crippen LogP) is 3.49. The Hall–Kier alpha value is -1.79. The summed E-state index contributed by atoms with van der Waals surface area (Å²) in [7, 11) is -3.56. The zero-order valence-electron chi connectivity index (χ0n) is 17.0. The van der Waals surface area contributed by atoms with Crippen LogP contribution in [0.4, 0.5) is 0 Å². The lowest BCUT2D eigenvalue weighted by Gasteiger charge is -2.25. The topological polar surface area (TPSA) is 98.4 Å². The molecule has 1 atom stereocenters. The number of hydrogen-bond acceptors (Lipinski definition) is 9. The third-order valence-electron chi connectivity index (χ3n) is 5.46. The van der Waals surface area contributed by atoms with E-state index in [-0.39, 0.29) is 4.90 Å². The number of sulfonamides is 1. The van der Waals surface area contributed by atoms with Crippen molar-refractivity contribution in [2.24, 2.45) is 5.92 Å². The highest BCUT2D eigenvalue weighted by atomic mass is 32.2. The van der Waals surface area contributed by atoms with E-state index in [1.165, 1.54) is 39.1 Å². The summed E-state index contributed by atoms with van der Waals surface area (Å²) in [5.41, 5.74) is 1.39. The monoisotopic (exact) mass is 478 g/mol. The second-order valence-electron chi connectivity index (χ2n) is 7.73. The molecule has 0 saturated carbocycles. The van der Waals surface area contributed by atoms with Crippen LogP contribution in [0.2, 0.25) is 0 Å². The summed E-state index contributed by atoms with van der Waals surface area (Å²) in [4.78, 5) is 6.86. The van der Waals surface area contributed by atoms with E-state index in [9.17, 15) is 8.42 Å². The molecule has 164 valence electrons. The van der Waals surface area contributed by atoms with Gasteiger partial charge in [-0.25, -0.2) is 13.4 Å². The molecule has 1 aliphatic heterocycles. The van der Waals surface area contributed by atoms with Gasteiger partial charge in [-0.1, -0.05) is 6.92 Å². The maximum absolute atomic E-state index is 12.7. The minimum atomic E-state index is -3.56. The molecule has 11 heteroatoms. The third-order valence-corrected chi connectivity index (χ3v) is 9.35. The molecule has 1 fully saturated rings. The molecule has 0 spiro atoms. The van der Waals surface area contributed by atoms with Gasteiger partial charge in [-0.3, -0.25) is 0 Å². The Morgan fingerprint density at radius 1 is 1.23 bits per heavy atom. The van der Waals surface area contributed by atoms with Gasteiger partial charge in [-0.05, 0) is 60.7 Å². The average molecular weight is 479 g/mol. The van der Waals surface area contributed by atoms with Crippen molar-refractivity contribution in [3.8, 4) is 10.8 Å². The van der Waals surface area contributed by atoms with Gasteiger partial charge in [0, 0.05) is 24.2 Å². The van der Waals surface area contributed by atoms with E-state index in [1.807, 2.05) is 0 Å². The van der Waals surface area contributed by atoms with E-state index in [0.29, 0.717) is 48.4 Å². The summed E-state index contributed by atoms with van der Waals surface area (Å²) in [5, 5.41) is 9.29. The lowest BCUT2D eigenvalue weighted by molar-refractivity contribution is 0.0730. The van der Waals surface area contributed by atoms with Crippen LogP contribution in [0.5, 0.6) is 0 Å². The van der Waals surface area contributed by atoms with Gasteiger partial charge in [0.15, 0.2) is 0 Å². The van der Waals surface area contributed by atoms with Crippen LogP contribution in [0.1, 0.15) is 23.8 Å². The van der Waals surface area contributed by atoms with Gasteiger partial charge >= 0.3 is 0 Å². The van der Waals surface area contributed by atoms with Crippen molar-refractivity contribution in [2.45, 2.75) is 41.3 Å². The summed E-state index contributed by atoms with van der Waals surface area (Å²) in [6, 6.07) is 5.39. The predicted molar refractivity (Wildman–Crippen MR) is 117 cm³/mol. The largest absolute Gasteiger partial charge is 0.410 e. The first-order valence-electron chi connectivity index (χ1n) is 10.2. The molecule has 0 radical (unpaired) electrons. The van der Waals surface area contributed by atoms with Crippen molar-refractivity contribution in [3.63, 3.8) is 0 Å². The van der Waals surface area contributed by atoms with Gasteiger partial charge in [0.25, 0.3) is 11.1 Å². The van der Waals surface area contributed by atoms with Crippen molar-refractivity contribution in [2.75, 3.05) is 26.3 Å². The minimum absolute atomic E-state index is 0.170. The van der Waals surface area contributed by atoms with Gasteiger partial charge in [-0.2, -0.15) is 4.31 Å². The molecule has 31 heavy (non-hydrogen) atoms. The molecule has 0 amide bonds. The first kappa shape index (κ1) is 21.1. The summed E-state index contributed by atoms with van der Waals surface area (Å²) < 4.78 is 37.9. The Morgan fingerprint density at radius 3 is 2.84 bits per heavy atom. The zero-order chi connectivity index (χ0) is 21.4. The van der Waals surface area contributed by atoms with Gasteiger partial charge in [0.1, 0.15) is 9.92 Å². The number of rotatable bonds is 5. The Balaban J connectivity index is 1.29. The smallest absolute Gasteiger partial charge is 0.283 e. The first-order chi connectivity index (χ1) is 15.0. The number of morpholine rings is 1. The highest BCUT2D eigenvalue weighted by Crippen LogP contribution is 2.38. The molecule has 4 heterocycles. The summed E-state index contributed by atoms with van der Waals surface area (Å²) in [5.74, 6) is 1.23. The summed E-state index contributed by atoms with van der Waals surface area (Å²) in [6.07, 6.45) is 4.81. The average Bonchev–Trinajstić information content (AvgIpc) is 3.41. The van der Waals surface area contributed by atoms with Gasteiger partial charge in [0.2, 0.25) is 10.0 Å². The van der Waals surface area contributed by atoms with Gasteiger partial charge in [-0.15, -0.1) is 21.5 Å². The molecule has 0 unspecified atom stereocenters. The molecule has 1 aliphatic carbocycles. The van der Waals surface area contributed by atoms with E-state index in [0.717, 1.165) is 17.7 Å².